The number of hydrogen-bond acceptors (Lipinski definition) is 6. The molecule has 0 aliphatic carbocycles. The predicted molar refractivity (Wildman–Crippen MR) is 97.5 cm³/mol. The van der Waals surface area contributed by atoms with Gasteiger partial charge in [0.2, 0.25) is 5.28 Å². The fourth-order valence-electron chi connectivity index (χ4n) is 3.90. The highest BCUT2D eigenvalue weighted by atomic mass is 35.5. The molecule has 3 aliphatic heterocycles. The Morgan fingerprint density at radius 3 is 2.58 bits per heavy atom. The first kappa shape index (κ1) is 17.8. The van der Waals surface area contributed by atoms with Crippen LogP contribution in [0, 0.1) is 0 Å². The molecule has 2 atom stereocenters. The van der Waals surface area contributed by atoms with Gasteiger partial charge in [0.1, 0.15) is 11.4 Å². The molecule has 0 aromatic carbocycles. The summed E-state index contributed by atoms with van der Waals surface area (Å²) >= 11 is 6.19. The van der Waals surface area contributed by atoms with Gasteiger partial charge in [0.15, 0.2) is 0 Å². The van der Waals surface area contributed by atoms with Crippen molar-refractivity contribution in [3.8, 4) is 0 Å². The highest BCUT2D eigenvalue weighted by Crippen LogP contribution is 2.34. The average molecular weight is 381 g/mol. The van der Waals surface area contributed by atoms with Crippen molar-refractivity contribution in [3.63, 3.8) is 0 Å². The van der Waals surface area contributed by atoms with Gasteiger partial charge in [-0.05, 0) is 45.2 Å². The Hall–Kier alpha value is -1.60. The van der Waals surface area contributed by atoms with E-state index in [2.05, 4.69) is 14.9 Å². The molecule has 26 heavy (non-hydrogen) atoms. The van der Waals surface area contributed by atoms with E-state index in [1.165, 1.54) is 0 Å². The Balaban J connectivity index is 1.60. The Morgan fingerprint density at radius 1 is 1.23 bits per heavy atom. The minimum atomic E-state index is -0.514. The number of rotatable bonds is 1. The van der Waals surface area contributed by atoms with Crippen LogP contribution in [0.4, 0.5) is 10.6 Å². The first-order valence-corrected chi connectivity index (χ1v) is 9.60. The first-order valence-electron chi connectivity index (χ1n) is 9.22. The second-order valence-electron chi connectivity index (χ2n) is 8.26. The van der Waals surface area contributed by atoms with Crippen LogP contribution in [-0.2, 0) is 22.4 Å². The van der Waals surface area contributed by atoms with E-state index in [0.717, 1.165) is 43.0 Å². The number of aromatic nitrogens is 2. The minimum absolute atomic E-state index is 0.253. The summed E-state index contributed by atoms with van der Waals surface area (Å²) in [4.78, 5) is 25.4. The van der Waals surface area contributed by atoms with Crippen LogP contribution in [0.5, 0.6) is 0 Å². The van der Waals surface area contributed by atoms with Crippen molar-refractivity contribution in [2.75, 3.05) is 24.5 Å². The molecule has 4 heterocycles. The largest absolute Gasteiger partial charge is 0.444 e. The van der Waals surface area contributed by atoms with E-state index in [9.17, 15) is 4.79 Å². The van der Waals surface area contributed by atoms with Crippen molar-refractivity contribution < 1.29 is 14.3 Å². The van der Waals surface area contributed by atoms with Crippen LogP contribution in [-0.4, -0.2) is 58.4 Å². The van der Waals surface area contributed by atoms with Crippen molar-refractivity contribution in [2.24, 2.45) is 0 Å². The summed E-state index contributed by atoms with van der Waals surface area (Å²) in [5.74, 6) is 0.841. The number of nitrogens with zero attached hydrogens (tertiary/aromatic N) is 4. The molecule has 4 rings (SSSR count). The molecule has 142 valence electrons. The Morgan fingerprint density at radius 2 is 1.92 bits per heavy atom. The number of fused-ring (bicyclic) bond motifs is 3. The summed E-state index contributed by atoms with van der Waals surface area (Å²) in [6.07, 6.45) is 3.04. The first-order chi connectivity index (χ1) is 12.3. The van der Waals surface area contributed by atoms with Gasteiger partial charge in [-0.3, -0.25) is 0 Å². The zero-order valence-electron chi connectivity index (χ0n) is 15.5. The zero-order valence-corrected chi connectivity index (χ0v) is 16.3. The molecular formula is C18H25ClN4O3. The fraction of sp³-hybridized carbons (Fsp3) is 0.722. The number of morpholine rings is 1. The van der Waals surface area contributed by atoms with Crippen molar-refractivity contribution in [2.45, 2.75) is 64.4 Å². The topological polar surface area (TPSA) is 67.8 Å². The summed E-state index contributed by atoms with van der Waals surface area (Å²) in [7, 11) is 0. The van der Waals surface area contributed by atoms with Crippen molar-refractivity contribution >= 4 is 23.5 Å². The van der Waals surface area contributed by atoms with Crippen molar-refractivity contribution in [3.05, 3.63) is 16.5 Å². The van der Waals surface area contributed by atoms with Gasteiger partial charge in [-0.1, -0.05) is 0 Å². The third-order valence-corrected chi connectivity index (χ3v) is 5.17. The number of halogens is 1. The summed E-state index contributed by atoms with van der Waals surface area (Å²) < 4.78 is 11.5. The summed E-state index contributed by atoms with van der Waals surface area (Å²) in [6.45, 7) is 8.26. The van der Waals surface area contributed by atoms with Crippen LogP contribution in [0.15, 0.2) is 0 Å². The van der Waals surface area contributed by atoms with E-state index in [0.29, 0.717) is 19.5 Å². The van der Waals surface area contributed by atoms with Gasteiger partial charge >= 0.3 is 6.09 Å². The number of ether oxygens (including phenoxy) is 2. The molecule has 8 heteroatoms. The molecule has 0 N–H and O–H groups in total. The van der Waals surface area contributed by atoms with E-state index in [4.69, 9.17) is 21.1 Å². The van der Waals surface area contributed by atoms with E-state index in [1.807, 2.05) is 20.8 Å². The number of amides is 1. The lowest BCUT2D eigenvalue weighted by molar-refractivity contribution is 0.0217. The Kier molecular flexibility index (Phi) is 4.47. The Bertz CT molecular complexity index is 709. The molecule has 2 fully saturated rings. The lowest BCUT2D eigenvalue weighted by Crippen LogP contribution is -2.45. The smallest absolute Gasteiger partial charge is 0.410 e. The molecule has 0 saturated carbocycles. The summed E-state index contributed by atoms with van der Waals surface area (Å²) in [6, 6.07) is 0. The normalized spacial score (nSPS) is 25.2. The number of hydrogen-bond donors (Lipinski definition) is 0. The molecule has 2 bridgehead atoms. The SMILES string of the molecule is CC(C)(C)OC(=O)N1CCc2nc(Cl)nc(N3C[C@H]4CC[C@@H](C3)O4)c2C1. The molecule has 2 saturated heterocycles. The fourth-order valence-corrected chi connectivity index (χ4v) is 4.08. The molecule has 0 spiro atoms. The van der Waals surface area contributed by atoms with Gasteiger partial charge in [0.25, 0.3) is 0 Å². The lowest BCUT2D eigenvalue weighted by Gasteiger charge is -2.37. The molecule has 7 nitrogen and oxygen atoms in total. The van der Waals surface area contributed by atoms with Gasteiger partial charge in [0, 0.05) is 31.6 Å². The lowest BCUT2D eigenvalue weighted by atomic mass is 10.1. The van der Waals surface area contributed by atoms with E-state index < -0.39 is 5.60 Å². The van der Waals surface area contributed by atoms with Crippen LogP contribution in [0.1, 0.15) is 44.9 Å². The second kappa shape index (κ2) is 6.53. The van der Waals surface area contributed by atoms with Crippen molar-refractivity contribution in [1.82, 2.24) is 14.9 Å². The molecule has 0 radical (unpaired) electrons. The highest BCUT2D eigenvalue weighted by Gasteiger charge is 2.37. The molecule has 1 amide bonds. The molecule has 0 unspecified atom stereocenters. The number of carbonyl (C=O) groups is 1. The van der Waals surface area contributed by atoms with Gasteiger partial charge in [-0.2, -0.15) is 0 Å². The molecule has 1 aromatic rings. The van der Waals surface area contributed by atoms with Crippen LogP contribution in [0.2, 0.25) is 5.28 Å². The maximum absolute atomic E-state index is 12.5. The van der Waals surface area contributed by atoms with Crippen LogP contribution in [0.3, 0.4) is 0 Å². The van der Waals surface area contributed by atoms with E-state index >= 15 is 0 Å². The predicted octanol–water partition coefficient (Wildman–Crippen LogP) is 2.79. The summed E-state index contributed by atoms with van der Waals surface area (Å²) in [5, 5.41) is 0.267. The van der Waals surface area contributed by atoms with Crippen LogP contribution < -0.4 is 4.90 Å². The maximum atomic E-state index is 12.5. The molecule has 3 aliphatic rings. The number of carbonyl (C=O) groups excluding carboxylic acids is 1. The van der Waals surface area contributed by atoms with Crippen LogP contribution in [0.25, 0.3) is 0 Å². The van der Waals surface area contributed by atoms with Gasteiger partial charge in [-0.15, -0.1) is 0 Å². The third-order valence-electron chi connectivity index (χ3n) is 5.01. The van der Waals surface area contributed by atoms with Crippen molar-refractivity contribution in [1.29, 1.82) is 0 Å². The van der Waals surface area contributed by atoms with E-state index in [1.54, 1.807) is 4.90 Å². The Labute approximate surface area is 158 Å². The average Bonchev–Trinajstić information content (AvgIpc) is 2.90. The maximum Gasteiger partial charge on any atom is 0.410 e. The quantitative estimate of drug-likeness (QED) is 0.698. The standard InChI is InChI=1S/C18H25ClN4O3/c1-18(2,3)26-17(24)22-7-6-14-13(10-22)15(21-16(19)20-14)23-8-11-4-5-12(9-23)25-11/h11-12H,4-10H2,1-3H3/t11-,12+. The third kappa shape index (κ3) is 3.60. The monoisotopic (exact) mass is 380 g/mol. The van der Waals surface area contributed by atoms with Gasteiger partial charge in [-0.25, -0.2) is 14.8 Å². The number of anilines is 1. The summed E-state index contributed by atoms with van der Waals surface area (Å²) in [5.41, 5.74) is 1.39. The molecule has 1 aromatic heterocycles. The second-order valence-corrected chi connectivity index (χ2v) is 8.59. The van der Waals surface area contributed by atoms with Gasteiger partial charge < -0.3 is 19.3 Å². The van der Waals surface area contributed by atoms with Gasteiger partial charge in [0.05, 0.1) is 24.4 Å². The highest BCUT2D eigenvalue weighted by molar-refractivity contribution is 6.28. The zero-order chi connectivity index (χ0) is 18.5. The molecular weight excluding hydrogens is 356 g/mol. The van der Waals surface area contributed by atoms with Crippen LogP contribution >= 0.6 is 11.6 Å². The van der Waals surface area contributed by atoms with E-state index in [-0.39, 0.29) is 23.6 Å². The minimum Gasteiger partial charge on any atom is -0.444 e.